The van der Waals surface area contributed by atoms with Gasteiger partial charge in [0.15, 0.2) is 0 Å². The van der Waals surface area contributed by atoms with Crippen LogP contribution in [0, 0.1) is 41.5 Å². The molecule has 20 aromatic rings. The Morgan fingerprint density at radius 2 is 0.492 bits per heavy atom. The van der Waals surface area contributed by atoms with Gasteiger partial charge in [-0.25, -0.2) is 0 Å². The van der Waals surface area contributed by atoms with Gasteiger partial charge in [0.25, 0.3) is 0 Å². The SMILES string of the molecule is Cc1ccc2c(-c3cc(C)c(-n4c5ccccc5c5cc(N(c6ccccc6)c6ccccc6)ccc54)cc3C)c3ccccc3c(-c3ccc(C(C)(C)C)cc3)c2c1.Cc1ccc2c(-c3cc(C)c(-n4c5ccccc5c5cc(N(c6ccccc6)c6ccccc6)ccc54)cc3C)c3ccccc3c(-c3ccc(C(C)(C)C)cc3)c2c1. The maximum atomic E-state index is 2.47. The molecule has 0 atom stereocenters. The largest absolute Gasteiger partial charge is 0.310 e. The summed E-state index contributed by atoms with van der Waals surface area (Å²) in [6.07, 6.45) is 0. The van der Waals surface area contributed by atoms with Crippen LogP contribution in [0.25, 0.3) is 143 Å². The van der Waals surface area contributed by atoms with E-state index < -0.39 is 0 Å². The van der Waals surface area contributed by atoms with E-state index in [0.717, 1.165) is 34.1 Å². The molecule has 18 aromatic carbocycles. The molecule has 0 spiro atoms. The first-order valence-electron chi connectivity index (χ1n) is 41.5. The highest BCUT2D eigenvalue weighted by atomic mass is 15.1. The van der Waals surface area contributed by atoms with Gasteiger partial charge in [0.2, 0.25) is 0 Å². The first-order valence-corrected chi connectivity index (χ1v) is 41.5. The van der Waals surface area contributed by atoms with Gasteiger partial charge in [-0.15, -0.1) is 0 Å². The van der Waals surface area contributed by atoms with Crippen LogP contribution in [0.1, 0.15) is 86.1 Å². The lowest BCUT2D eigenvalue weighted by atomic mass is 9.82. The van der Waals surface area contributed by atoms with E-state index in [9.17, 15) is 0 Å². The van der Waals surface area contributed by atoms with Crippen LogP contribution < -0.4 is 9.80 Å². The van der Waals surface area contributed by atoms with Crippen molar-refractivity contribution in [2.24, 2.45) is 0 Å². The Bertz CT molecular complexity index is 6760. The Morgan fingerprint density at radius 3 is 0.822 bits per heavy atom. The molecular weight excluding hydrogens is 1430 g/mol. The lowest BCUT2D eigenvalue weighted by molar-refractivity contribution is 0.590. The van der Waals surface area contributed by atoms with Gasteiger partial charge in [-0.2, -0.15) is 0 Å². The minimum atomic E-state index is 0.0960. The Hall–Kier alpha value is -13.8. The van der Waals surface area contributed by atoms with Crippen LogP contribution in [-0.4, -0.2) is 9.13 Å². The van der Waals surface area contributed by atoms with Gasteiger partial charge in [-0.05, 0) is 295 Å². The van der Waals surface area contributed by atoms with Crippen LogP contribution in [0.15, 0.2) is 364 Å². The minimum Gasteiger partial charge on any atom is -0.310 e. The number of para-hydroxylation sites is 6. The fourth-order valence-electron chi connectivity index (χ4n) is 18.6. The second kappa shape index (κ2) is 29.8. The van der Waals surface area contributed by atoms with Gasteiger partial charge in [-0.3, -0.25) is 0 Å². The molecule has 572 valence electrons. The van der Waals surface area contributed by atoms with E-state index in [4.69, 9.17) is 0 Å². The zero-order valence-electron chi connectivity index (χ0n) is 69.4. The maximum Gasteiger partial charge on any atom is 0.0542 e. The molecule has 4 heteroatoms. The summed E-state index contributed by atoms with van der Waals surface area (Å²) >= 11 is 0. The summed E-state index contributed by atoms with van der Waals surface area (Å²) in [7, 11) is 0. The van der Waals surface area contributed by atoms with E-state index in [0.29, 0.717) is 0 Å². The lowest BCUT2D eigenvalue weighted by Gasteiger charge is -2.25. The zero-order chi connectivity index (χ0) is 80.8. The molecule has 0 aliphatic heterocycles. The van der Waals surface area contributed by atoms with Gasteiger partial charge in [0, 0.05) is 67.0 Å². The molecule has 0 radical (unpaired) electrons. The predicted molar refractivity (Wildman–Crippen MR) is 509 cm³/mol. The van der Waals surface area contributed by atoms with Crippen molar-refractivity contribution in [2.75, 3.05) is 9.80 Å². The van der Waals surface area contributed by atoms with Gasteiger partial charge >= 0.3 is 0 Å². The Labute approximate surface area is 693 Å². The highest BCUT2D eigenvalue weighted by molar-refractivity contribution is 6.24. The van der Waals surface area contributed by atoms with Crippen molar-refractivity contribution in [1.29, 1.82) is 0 Å². The fourth-order valence-corrected chi connectivity index (χ4v) is 18.6. The molecule has 2 aromatic heterocycles. The fraction of sp³-hybridized carbons (Fsp3) is 0.123. The number of benzene rings is 18. The van der Waals surface area contributed by atoms with Crippen molar-refractivity contribution in [2.45, 2.75) is 93.9 Å². The third kappa shape index (κ3) is 13.1. The quantitative estimate of drug-likeness (QED) is 0.113. The third-order valence-electron chi connectivity index (χ3n) is 24.4. The van der Waals surface area contributed by atoms with E-state index in [1.807, 2.05) is 0 Å². The molecular formula is C114H96N4. The molecule has 0 saturated carbocycles. The number of hydrogen-bond acceptors (Lipinski definition) is 2. The number of aryl methyl sites for hydroxylation is 6. The monoisotopic (exact) mass is 1520 g/mol. The Morgan fingerprint density at radius 1 is 0.203 bits per heavy atom. The number of anilines is 6. The van der Waals surface area contributed by atoms with Crippen molar-refractivity contribution in [3.05, 3.63) is 408 Å². The standard InChI is InChI=1S/2C57H48N2/c2*1-37-25-31-48-51(33-37)55(40-26-28-41(29-27-40)57(4,5)6)46-22-13-14-23-47(46)56(48)49-34-39(3)54(35-38(49)2)59-52-24-16-15-21-45(52)50-36-44(30-32-53(50)59)58(42-17-9-7-10-18-42)43-19-11-8-12-20-43/h2*7-36H,1-6H3. The first kappa shape index (κ1) is 74.3. The van der Waals surface area contributed by atoms with Crippen molar-refractivity contribution in [3.8, 4) is 55.9 Å². The zero-order valence-corrected chi connectivity index (χ0v) is 69.4. The number of fused-ring (bicyclic) bond motifs is 10. The van der Waals surface area contributed by atoms with E-state index >= 15 is 0 Å². The summed E-state index contributed by atoms with van der Waals surface area (Å²) in [6, 6.07) is 134. The van der Waals surface area contributed by atoms with Gasteiger partial charge in [0.05, 0.1) is 22.1 Å². The number of rotatable bonds is 12. The normalized spacial score (nSPS) is 11.9. The van der Waals surface area contributed by atoms with E-state index in [1.54, 1.807) is 0 Å². The molecule has 0 aliphatic carbocycles. The summed E-state index contributed by atoms with van der Waals surface area (Å²) in [5.74, 6) is 0. The Balaban J connectivity index is 0.000000157. The second-order valence-electron chi connectivity index (χ2n) is 34.4. The number of nitrogens with zero attached hydrogens (tertiary/aromatic N) is 4. The molecule has 20 rings (SSSR count). The molecule has 0 aliphatic rings. The van der Waals surface area contributed by atoms with E-state index in [1.165, 1.54) is 187 Å². The predicted octanol–water partition coefficient (Wildman–Crippen LogP) is 32.2. The molecule has 0 unspecified atom stereocenters. The van der Waals surface area contributed by atoms with Gasteiger partial charge in [-0.1, -0.05) is 295 Å². The van der Waals surface area contributed by atoms with Crippen LogP contribution in [0.2, 0.25) is 0 Å². The van der Waals surface area contributed by atoms with Crippen LogP contribution in [0.3, 0.4) is 0 Å². The van der Waals surface area contributed by atoms with E-state index in [-0.39, 0.29) is 10.8 Å². The third-order valence-corrected chi connectivity index (χ3v) is 24.4. The molecule has 0 fully saturated rings. The summed E-state index contributed by atoms with van der Waals surface area (Å²) in [5, 5.41) is 15.2. The highest BCUT2D eigenvalue weighted by Gasteiger charge is 2.27. The molecule has 118 heavy (non-hydrogen) atoms. The van der Waals surface area contributed by atoms with E-state index in [2.05, 4.69) is 466 Å². The maximum absolute atomic E-state index is 2.47. The Kier molecular flexibility index (Phi) is 18.8. The average molecular weight is 1520 g/mol. The molecule has 0 N–H and O–H groups in total. The first-order chi connectivity index (χ1) is 57.3. The summed E-state index contributed by atoms with van der Waals surface area (Å²) in [6.45, 7) is 27.2. The molecule has 0 bridgehead atoms. The van der Waals surface area contributed by atoms with Crippen LogP contribution >= 0.6 is 0 Å². The van der Waals surface area contributed by atoms with Crippen molar-refractivity contribution < 1.29 is 0 Å². The van der Waals surface area contributed by atoms with Gasteiger partial charge < -0.3 is 18.9 Å². The smallest absolute Gasteiger partial charge is 0.0542 e. The molecule has 2 heterocycles. The van der Waals surface area contributed by atoms with Crippen molar-refractivity contribution >= 4 is 121 Å². The average Bonchev–Trinajstić information content (AvgIpc) is 1.67. The number of aromatic nitrogens is 2. The topological polar surface area (TPSA) is 16.3 Å². The van der Waals surface area contributed by atoms with Crippen LogP contribution in [0.5, 0.6) is 0 Å². The minimum absolute atomic E-state index is 0.0960. The lowest BCUT2D eigenvalue weighted by Crippen LogP contribution is -2.10. The van der Waals surface area contributed by atoms with Crippen molar-refractivity contribution in [3.63, 3.8) is 0 Å². The number of hydrogen-bond donors (Lipinski definition) is 0. The summed E-state index contributed by atoms with van der Waals surface area (Å²) < 4.78 is 4.94. The summed E-state index contributed by atoms with van der Waals surface area (Å²) in [4.78, 5) is 4.69. The van der Waals surface area contributed by atoms with Crippen LogP contribution in [0.4, 0.5) is 34.1 Å². The summed E-state index contributed by atoms with van der Waals surface area (Å²) in [5.41, 5.74) is 34.6. The van der Waals surface area contributed by atoms with Crippen molar-refractivity contribution in [1.82, 2.24) is 9.13 Å². The van der Waals surface area contributed by atoms with Crippen LogP contribution in [-0.2, 0) is 10.8 Å². The second-order valence-corrected chi connectivity index (χ2v) is 34.4. The highest BCUT2D eigenvalue weighted by Crippen LogP contribution is 2.51. The molecule has 0 amide bonds. The molecule has 0 saturated heterocycles. The van der Waals surface area contributed by atoms with Gasteiger partial charge in [0.1, 0.15) is 0 Å². The molecule has 4 nitrogen and oxygen atoms in total.